The monoisotopic (exact) mass is 1410 g/mol. The number of aliphatic hydroxyl groups excluding tert-OH is 19. The first-order chi connectivity index (χ1) is 44.4. The molecule has 41 heteroatoms. The number of nitrogens with two attached hydrogens (primary N) is 3. The third-order valence-corrected chi connectivity index (χ3v) is 19.5. The van der Waals surface area contributed by atoms with E-state index in [4.69, 9.17) is 83.5 Å². The topological polar surface area (TPSA) is 616 Å². The lowest BCUT2D eigenvalue weighted by Gasteiger charge is -2.50. The molecular weight excluding hydrogens is 1320 g/mol. The number of hydrogen-bond acceptors (Lipinski definition) is 39. The number of hydrogen-bond donors (Lipinski definition) is 22. The molecule has 38 nitrogen and oxygen atoms in total. The number of amidine groups is 2. The molecule has 21 heterocycles. The summed E-state index contributed by atoms with van der Waals surface area (Å²) in [5, 5.41) is 216. The van der Waals surface area contributed by atoms with Gasteiger partial charge >= 0.3 is 0 Å². The van der Waals surface area contributed by atoms with Crippen LogP contribution in [0.1, 0.15) is 6.42 Å². The van der Waals surface area contributed by atoms with Gasteiger partial charge in [-0.3, -0.25) is 9.98 Å². The summed E-state index contributed by atoms with van der Waals surface area (Å²) >= 11 is 3.87. The Hall–Kier alpha value is -1.37. The van der Waals surface area contributed by atoms with Crippen molar-refractivity contribution in [2.75, 3.05) is 87.7 Å². The first-order valence-electron chi connectivity index (χ1n) is 30.1. The Morgan fingerprint density at radius 3 is 0.753 bits per heavy atom. The SMILES string of the molecule is CSCCN=C(N)CC(N)=NCCSCC1O[C@H]2O[C@H]3C(CO)O[C@@H](O[C@H]4C(CO)O[C@@H](O[C@H]5C(CSCCN)O[C@H](O[C@H]6C(CO)O[C@@H](O[C@H]7C(CO)O[C@@H](O[C@H]8C(CO)O[C@@H](O[C@@H]1[C@H](O)C2O)C(O)[C@H]8O)C(O)[C@H]7O)C(O)[C@H]6O)C(O)[C@H]5O)C(O)[C@H]4O)C(O)[C@H]3O. The second-order valence-corrected chi connectivity index (χ2v) is 26.4. The lowest BCUT2D eigenvalue weighted by atomic mass is 9.95. The average molecular weight is 1410 g/mol. The number of thioether (sulfide) groups is 3. The average Bonchev–Trinajstić information content (AvgIpc) is 0.823. The summed E-state index contributed by atoms with van der Waals surface area (Å²) in [5.74, 6) is 1.38. The van der Waals surface area contributed by atoms with Gasteiger partial charge in [-0.25, -0.2) is 0 Å². The Balaban J connectivity index is 1.09. The minimum absolute atomic E-state index is 0.0763. The summed E-state index contributed by atoms with van der Waals surface area (Å²) in [4.78, 5) is 8.57. The molecular formula is C52H91N5O33S3. The highest BCUT2D eigenvalue weighted by molar-refractivity contribution is 7.99. The van der Waals surface area contributed by atoms with Crippen molar-refractivity contribution in [1.82, 2.24) is 0 Å². The lowest BCUT2D eigenvalue weighted by molar-refractivity contribution is -0.395. The number of nitrogens with zero attached hydrogens (tertiary/aromatic N) is 2. The van der Waals surface area contributed by atoms with Gasteiger partial charge in [0.2, 0.25) is 0 Å². The first kappa shape index (κ1) is 77.4. The molecule has 93 heavy (non-hydrogen) atoms. The Bertz CT molecular complexity index is 2310. The van der Waals surface area contributed by atoms with Crippen LogP contribution < -0.4 is 17.2 Å². The zero-order valence-corrected chi connectivity index (χ0v) is 52.6. The first-order valence-corrected chi connectivity index (χ1v) is 33.8. The summed E-state index contributed by atoms with van der Waals surface area (Å²) < 4.78 is 82.9. The molecule has 25 N–H and O–H groups in total. The Morgan fingerprint density at radius 1 is 0.312 bits per heavy atom. The molecule has 21 rings (SSSR count). The quantitative estimate of drug-likeness (QED) is 0.0324. The van der Waals surface area contributed by atoms with Crippen molar-refractivity contribution >= 4 is 47.0 Å². The van der Waals surface area contributed by atoms with E-state index >= 15 is 0 Å². The van der Waals surface area contributed by atoms with Crippen molar-refractivity contribution in [1.29, 1.82) is 0 Å². The van der Waals surface area contributed by atoms with E-state index in [2.05, 4.69) is 9.98 Å². The highest BCUT2D eigenvalue weighted by Crippen LogP contribution is 2.40. The van der Waals surface area contributed by atoms with Gasteiger partial charge in [-0.05, 0) is 6.26 Å². The molecule has 0 spiro atoms. The molecule has 21 aliphatic rings. The summed E-state index contributed by atoms with van der Waals surface area (Å²) in [6, 6.07) is 0. The lowest BCUT2D eigenvalue weighted by Crippen LogP contribution is -2.68. The maximum absolute atomic E-state index is 11.9. The van der Waals surface area contributed by atoms with Gasteiger partial charge in [0, 0.05) is 48.4 Å². The predicted molar refractivity (Wildman–Crippen MR) is 314 cm³/mol. The Morgan fingerprint density at radius 2 is 0.527 bits per heavy atom. The standard InChI is InChI=1S/C52H91N5O33S3/c1-91-6-3-56-23(54)8-24(55)57-4-7-93-15-22-45-31(69)38(76)52(83-22)88-43-20(13-62)79-48(34(72)27(43)65)86-40-17(10-59)80-49(35(73)28(40)66)89-44-21(14-92-5-2-53)82-51(37(75)30(44)68)87-42-19(12-61)78-47(33(71)26(42)64)84-39-16(9-58)77-46(32(70)25(39)63)85-41-18(11-60)81-50(90-45)36(74)29(41)67/h16-22,25-52,58-76H,2-15,53H2,1H3,(H2,54,56)(H2,55,57)/t16?,17?,18?,19?,20?,21?,22?,25-,26-,27-,28-,29-,30-,31-,32?,33?,34?,35?,36?,37?,38?,39+,40+,41+,42+,43+,44+,45+,46+,47+,48+,49+,50+,51-,52+/m1/s1. The molecule has 0 aromatic rings. The fourth-order valence-corrected chi connectivity index (χ4v) is 13.7. The van der Waals surface area contributed by atoms with E-state index in [1.165, 1.54) is 0 Å². The van der Waals surface area contributed by atoms with Crippen molar-refractivity contribution in [2.45, 2.75) is 221 Å². The van der Waals surface area contributed by atoms with Gasteiger partial charge < -0.3 is 181 Å². The molecule has 14 unspecified atom stereocenters. The summed E-state index contributed by atoms with van der Waals surface area (Å²) in [5.41, 5.74) is 17.8. The van der Waals surface area contributed by atoms with Crippen LogP contribution in [-0.4, -0.2) is 411 Å². The number of aliphatic imine (C=N–C) groups is 2. The van der Waals surface area contributed by atoms with Crippen LogP contribution in [0.15, 0.2) is 9.98 Å². The van der Waals surface area contributed by atoms with Crippen molar-refractivity contribution in [2.24, 2.45) is 27.2 Å². The van der Waals surface area contributed by atoms with Crippen LogP contribution in [0.2, 0.25) is 0 Å². The van der Waals surface area contributed by atoms with Crippen molar-refractivity contribution in [3.05, 3.63) is 0 Å². The van der Waals surface area contributed by atoms with E-state index in [1.807, 2.05) is 6.26 Å². The van der Waals surface area contributed by atoms with E-state index in [9.17, 15) is 97.0 Å². The fourth-order valence-electron chi connectivity index (χ4n) is 11.7. The molecule has 0 aliphatic carbocycles. The second-order valence-electron chi connectivity index (χ2n) is 23.1. The van der Waals surface area contributed by atoms with Gasteiger partial charge in [0.25, 0.3) is 0 Å². The third-order valence-electron chi connectivity index (χ3n) is 16.8. The Kier molecular flexibility index (Phi) is 29.8. The molecule has 0 aromatic heterocycles. The van der Waals surface area contributed by atoms with Crippen molar-refractivity contribution in [3.63, 3.8) is 0 Å². The van der Waals surface area contributed by atoms with E-state index < -0.39 is 248 Å². The van der Waals surface area contributed by atoms with Crippen LogP contribution in [0.5, 0.6) is 0 Å². The minimum atomic E-state index is -2.20. The fraction of sp³-hybridized carbons (Fsp3) is 0.962. The molecule has 21 aliphatic heterocycles. The maximum atomic E-state index is 11.9. The highest BCUT2D eigenvalue weighted by atomic mass is 32.2. The van der Waals surface area contributed by atoms with Crippen LogP contribution in [0.25, 0.3) is 0 Å². The van der Waals surface area contributed by atoms with Crippen LogP contribution in [0.4, 0.5) is 0 Å². The highest BCUT2D eigenvalue weighted by Gasteiger charge is 2.59. The minimum Gasteiger partial charge on any atom is -0.394 e. The van der Waals surface area contributed by atoms with Crippen LogP contribution in [-0.2, 0) is 66.3 Å². The van der Waals surface area contributed by atoms with Crippen LogP contribution >= 0.6 is 35.3 Å². The molecule has 21 saturated heterocycles. The van der Waals surface area contributed by atoms with Gasteiger partial charge in [0.05, 0.1) is 51.7 Å². The second kappa shape index (κ2) is 35.8. The molecule has 21 fully saturated rings. The zero-order valence-electron chi connectivity index (χ0n) is 50.2. The van der Waals surface area contributed by atoms with Crippen LogP contribution in [0, 0.1) is 0 Å². The van der Waals surface area contributed by atoms with E-state index in [0.29, 0.717) is 12.3 Å². The zero-order chi connectivity index (χ0) is 67.7. The molecule has 540 valence electrons. The number of aliphatic hydroxyl groups is 19. The van der Waals surface area contributed by atoms with Gasteiger partial charge in [-0.1, -0.05) is 0 Å². The molecule has 0 aromatic carbocycles. The van der Waals surface area contributed by atoms with Crippen molar-refractivity contribution < 1.29 is 163 Å². The predicted octanol–water partition coefficient (Wildman–Crippen LogP) is -13.3. The molecule has 35 atom stereocenters. The summed E-state index contributed by atoms with van der Waals surface area (Å²) in [7, 11) is 0. The normalized spacial score (nSPS) is 48.3. The molecule has 0 saturated carbocycles. The van der Waals surface area contributed by atoms with Gasteiger partial charge in [0.15, 0.2) is 44.0 Å². The largest absolute Gasteiger partial charge is 0.394 e. The smallest absolute Gasteiger partial charge is 0.187 e. The van der Waals surface area contributed by atoms with Gasteiger partial charge in [-0.15, -0.1) is 0 Å². The van der Waals surface area contributed by atoms with Gasteiger partial charge in [0.1, 0.15) is 170 Å². The molecule has 0 amide bonds. The van der Waals surface area contributed by atoms with Gasteiger partial charge in [-0.2, -0.15) is 35.3 Å². The Labute approximate surface area is 544 Å². The summed E-state index contributed by atoms with van der Waals surface area (Å²) in [6.45, 7) is -4.41. The third kappa shape index (κ3) is 18.0. The van der Waals surface area contributed by atoms with E-state index in [-0.39, 0.29) is 48.4 Å². The van der Waals surface area contributed by atoms with Crippen molar-refractivity contribution in [3.8, 4) is 0 Å². The maximum Gasteiger partial charge on any atom is 0.187 e. The number of rotatable bonds is 19. The summed E-state index contributed by atoms with van der Waals surface area (Å²) in [6.07, 6.45) is -66.3. The molecule has 0 radical (unpaired) electrons. The van der Waals surface area contributed by atoms with E-state index in [1.54, 1.807) is 11.8 Å². The van der Waals surface area contributed by atoms with Crippen LogP contribution in [0.3, 0.4) is 0 Å². The molecule has 14 bridgehead atoms. The van der Waals surface area contributed by atoms with E-state index in [0.717, 1.165) is 29.3 Å². The number of ether oxygens (including phenoxy) is 14.